The molecule has 1 atom stereocenters. The molecule has 166 valence electrons. The highest BCUT2D eigenvalue weighted by molar-refractivity contribution is 5.76. The van der Waals surface area contributed by atoms with Crippen LogP contribution >= 0.6 is 0 Å². The molecule has 4 heterocycles. The molecule has 3 aromatic rings. The lowest BCUT2D eigenvalue weighted by Gasteiger charge is -2.33. The van der Waals surface area contributed by atoms with Crippen molar-refractivity contribution in [2.75, 3.05) is 19.7 Å². The van der Waals surface area contributed by atoms with E-state index < -0.39 is 0 Å². The summed E-state index contributed by atoms with van der Waals surface area (Å²) in [6.45, 7) is 5.61. The lowest BCUT2D eigenvalue weighted by molar-refractivity contribution is -0.139. The Morgan fingerprint density at radius 1 is 1.19 bits per heavy atom. The first-order valence-electron chi connectivity index (χ1n) is 10.7. The molecule has 0 saturated carbocycles. The molecule has 9 nitrogen and oxygen atoms in total. The van der Waals surface area contributed by atoms with E-state index in [0.29, 0.717) is 44.8 Å². The van der Waals surface area contributed by atoms with Gasteiger partial charge in [-0.1, -0.05) is 6.07 Å². The first-order chi connectivity index (χ1) is 15.5. The van der Waals surface area contributed by atoms with Gasteiger partial charge in [-0.3, -0.25) is 9.36 Å². The maximum atomic E-state index is 12.8. The third-order valence-electron chi connectivity index (χ3n) is 5.49. The molecular formula is C23H26N6O3. The fourth-order valence-corrected chi connectivity index (χ4v) is 3.87. The number of pyridine rings is 1. The van der Waals surface area contributed by atoms with E-state index in [-0.39, 0.29) is 17.7 Å². The third kappa shape index (κ3) is 5.05. The van der Waals surface area contributed by atoms with E-state index in [0.717, 1.165) is 22.6 Å². The van der Waals surface area contributed by atoms with Crippen molar-refractivity contribution >= 4 is 5.91 Å². The van der Waals surface area contributed by atoms with Gasteiger partial charge < -0.3 is 9.64 Å². The zero-order chi connectivity index (χ0) is 22.5. The van der Waals surface area contributed by atoms with E-state index >= 15 is 0 Å². The van der Waals surface area contributed by atoms with Crippen LogP contribution < -0.4 is 5.69 Å². The third-order valence-corrected chi connectivity index (χ3v) is 5.49. The maximum Gasteiger partial charge on any atom is 0.347 e. The molecule has 32 heavy (non-hydrogen) atoms. The van der Waals surface area contributed by atoms with Crippen molar-refractivity contribution in [3.63, 3.8) is 0 Å². The van der Waals surface area contributed by atoms with Gasteiger partial charge in [-0.15, -0.1) is 0 Å². The van der Waals surface area contributed by atoms with Crippen molar-refractivity contribution in [2.45, 2.75) is 39.3 Å². The van der Waals surface area contributed by atoms with Gasteiger partial charge in [0.15, 0.2) is 0 Å². The molecule has 0 radical (unpaired) electrons. The molecule has 1 aliphatic heterocycles. The molecule has 4 rings (SSSR count). The Morgan fingerprint density at radius 2 is 2.00 bits per heavy atom. The van der Waals surface area contributed by atoms with Gasteiger partial charge in [0, 0.05) is 48.9 Å². The molecule has 9 heteroatoms. The molecule has 0 unspecified atom stereocenters. The molecule has 1 aliphatic rings. The summed E-state index contributed by atoms with van der Waals surface area (Å²) < 4.78 is 7.53. The summed E-state index contributed by atoms with van der Waals surface area (Å²) in [5.41, 5.74) is 3.66. The van der Waals surface area contributed by atoms with Crippen molar-refractivity contribution < 1.29 is 9.53 Å². The van der Waals surface area contributed by atoms with Crippen molar-refractivity contribution in [2.24, 2.45) is 0 Å². The molecule has 1 saturated heterocycles. The van der Waals surface area contributed by atoms with Crippen LogP contribution in [0.5, 0.6) is 0 Å². The minimum absolute atomic E-state index is 0.0525. The van der Waals surface area contributed by atoms with Crippen LogP contribution in [0.3, 0.4) is 0 Å². The van der Waals surface area contributed by atoms with Crippen LogP contribution in [0.1, 0.15) is 36.0 Å². The molecule has 0 bridgehead atoms. The van der Waals surface area contributed by atoms with Gasteiger partial charge in [-0.05, 0) is 38.5 Å². The number of rotatable bonds is 6. The first kappa shape index (κ1) is 21.8. The van der Waals surface area contributed by atoms with Gasteiger partial charge in [0.2, 0.25) is 5.91 Å². The van der Waals surface area contributed by atoms with E-state index in [1.54, 1.807) is 23.9 Å². The fraction of sp³-hybridized carbons (Fsp3) is 0.391. The Morgan fingerprint density at radius 3 is 2.78 bits per heavy atom. The summed E-state index contributed by atoms with van der Waals surface area (Å²) in [5.74, 6) is 0.0525. The second-order valence-corrected chi connectivity index (χ2v) is 7.85. The number of aryl methyl sites for hydroxylation is 2. The van der Waals surface area contributed by atoms with E-state index in [2.05, 4.69) is 15.0 Å². The normalized spacial score (nSPS) is 16.2. The zero-order valence-corrected chi connectivity index (χ0v) is 18.3. The number of ether oxygens (including phenoxy) is 1. The number of hydrogen-bond donors (Lipinski definition) is 0. The Hall–Kier alpha value is -3.46. The fourth-order valence-electron chi connectivity index (χ4n) is 3.87. The van der Waals surface area contributed by atoms with Gasteiger partial charge >= 0.3 is 5.69 Å². The van der Waals surface area contributed by atoms with E-state index in [1.165, 1.54) is 6.33 Å². The summed E-state index contributed by atoms with van der Waals surface area (Å²) in [4.78, 5) is 43.5. The summed E-state index contributed by atoms with van der Waals surface area (Å²) in [5, 5.41) is 0. The Kier molecular flexibility index (Phi) is 6.65. The van der Waals surface area contributed by atoms with E-state index in [1.807, 2.05) is 36.1 Å². The quantitative estimate of drug-likeness (QED) is 0.585. The van der Waals surface area contributed by atoms with Crippen LogP contribution in [0.4, 0.5) is 0 Å². The lowest BCUT2D eigenvalue weighted by Crippen LogP contribution is -2.42. The van der Waals surface area contributed by atoms with Crippen LogP contribution in [-0.2, 0) is 16.1 Å². The Bertz CT molecular complexity index is 1150. The smallest absolute Gasteiger partial charge is 0.347 e. The van der Waals surface area contributed by atoms with E-state index in [9.17, 15) is 9.59 Å². The summed E-state index contributed by atoms with van der Waals surface area (Å²) in [6.07, 6.45) is 5.56. The average Bonchev–Trinajstić information content (AvgIpc) is 2.81. The molecule has 0 aliphatic carbocycles. The number of carbonyl (C=O) groups is 1. The van der Waals surface area contributed by atoms with Crippen LogP contribution in [0.2, 0.25) is 0 Å². The highest BCUT2D eigenvalue weighted by atomic mass is 16.5. The Labute approximate surface area is 186 Å². The van der Waals surface area contributed by atoms with Crippen LogP contribution in [0, 0.1) is 13.8 Å². The predicted molar refractivity (Wildman–Crippen MR) is 118 cm³/mol. The summed E-state index contributed by atoms with van der Waals surface area (Å²) in [7, 11) is 0. The van der Waals surface area contributed by atoms with Gasteiger partial charge in [-0.2, -0.15) is 4.98 Å². The predicted octanol–water partition coefficient (Wildman–Crippen LogP) is 2.09. The topological polar surface area (TPSA) is 103 Å². The van der Waals surface area contributed by atoms with Crippen LogP contribution in [0.25, 0.3) is 11.3 Å². The molecule has 0 aromatic carbocycles. The maximum absolute atomic E-state index is 12.8. The monoisotopic (exact) mass is 434 g/mol. The average molecular weight is 435 g/mol. The number of amides is 1. The standard InChI is InChI=1S/C23H26N6O3/c1-16-11-17(2)29(23(31)26-16)8-4-7-22(30)28-9-10-32-21(14-28)20-6-3-5-19(27-20)18-12-24-15-25-13-18/h3,5-6,11-13,15,21H,4,7-10,14H2,1-2H3/t21-/m1/s1. The van der Waals surface area contributed by atoms with Gasteiger partial charge in [0.25, 0.3) is 0 Å². The number of carbonyl (C=O) groups excluding carboxylic acids is 1. The molecule has 3 aromatic heterocycles. The number of nitrogens with zero attached hydrogens (tertiary/aromatic N) is 6. The van der Waals surface area contributed by atoms with Crippen LogP contribution in [-0.4, -0.2) is 55.0 Å². The highest BCUT2D eigenvalue weighted by Gasteiger charge is 2.26. The first-order valence-corrected chi connectivity index (χ1v) is 10.7. The Balaban J connectivity index is 1.37. The molecule has 0 spiro atoms. The van der Waals surface area contributed by atoms with Crippen molar-refractivity contribution in [3.05, 3.63) is 70.6 Å². The van der Waals surface area contributed by atoms with Crippen molar-refractivity contribution in [1.82, 2.24) is 29.4 Å². The summed E-state index contributed by atoms with van der Waals surface area (Å²) >= 11 is 0. The minimum Gasteiger partial charge on any atom is -0.368 e. The van der Waals surface area contributed by atoms with E-state index in [4.69, 9.17) is 9.72 Å². The highest BCUT2D eigenvalue weighted by Crippen LogP contribution is 2.24. The number of hydrogen-bond acceptors (Lipinski definition) is 7. The largest absolute Gasteiger partial charge is 0.368 e. The van der Waals surface area contributed by atoms with Crippen molar-refractivity contribution in [3.8, 4) is 11.3 Å². The zero-order valence-electron chi connectivity index (χ0n) is 18.3. The molecular weight excluding hydrogens is 408 g/mol. The molecule has 1 amide bonds. The number of aromatic nitrogens is 5. The number of morpholine rings is 1. The van der Waals surface area contributed by atoms with Gasteiger partial charge in [-0.25, -0.2) is 19.7 Å². The van der Waals surface area contributed by atoms with Crippen molar-refractivity contribution in [1.29, 1.82) is 0 Å². The summed E-state index contributed by atoms with van der Waals surface area (Å²) in [6, 6.07) is 7.60. The molecule has 1 fully saturated rings. The van der Waals surface area contributed by atoms with Gasteiger partial charge in [0.05, 0.1) is 24.5 Å². The second-order valence-electron chi connectivity index (χ2n) is 7.85. The van der Waals surface area contributed by atoms with Crippen LogP contribution in [0.15, 0.2) is 47.8 Å². The minimum atomic E-state index is -0.288. The lowest BCUT2D eigenvalue weighted by atomic mass is 10.1. The van der Waals surface area contributed by atoms with Gasteiger partial charge in [0.1, 0.15) is 12.4 Å². The second kappa shape index (κ2) is 9.78. The SMILES string of the molecule is Cc1cc(C)n(CCCC(=O)N2CCO[C@@H](c3cccc(-c4cncnc4)n3)C2)c(=O)n1. The molecule has 0 N–H and O–H groups in total.